The molecule has 1 amide bonds. The number of rotatable bonds is 40. The molecule has 54 heavy (non-hydrogen) atoms. The maximum atomic E-state index is 12.4. The fourth-order valence-electron chi connectivity index (χ4n) is 6.42. The summed E-state index contributed by atoms with van der Waals surface area (Å²) in [5.41, 5.74) is 0. The highest BCUT2D eigenvalue weighted by Crippen LogP contribution is 2.14. The highest BCUT2D eigenvalue weighted by molar-refractivity contribution is 5.76. The normalized spacial score (nSPS) is 13.8. The van der Waals surface area contributed by atoms with Crippen molar-refractivity contribution in [1.82, 2.24) is 5.32 Å². The molecule has 0 fully saturated rings. The molecule has 0 rings (SSSR count). The lowest BCUT2D eigenvalue weighted by atomic mass is 10.0. The average molecular weight is 750 g/mol. The van der Waals surface area contributed by atoms with Gasteiger partial charge in [-0.3, -0.25) is 4.79 Å². The van der Waals surface area contributed by atoms with E-state index in [-0.39, 0.29) is 12.5 Å². The Hall–Kier alpha value is -2.43. The van der Waals surface area contributed by atoms with Crippen LogP contribution in [0, 0.1) is 0 Å². The highest BCUT2D eigenvalue weighted by atomic mass is 16.3. The largest absolute Gasteiger partial charge is 0.394 e. The van der Waals surface area contributed by atoms with Crippen molar-refractivity contribution in [2.24, 2.45) is 0 Å². The fraction of sp³-hybridized carbons (Fsp3) is 0.700. The zero-order valence-electron chi connectivity index (χ0n) is 35.5. The fourth-order valence-corrected chi connectivity index (χ4v) is 6.42. The van der Waals surface area contributed by atoms with Crippen LogP contribution in [-0.4, -0.2) is 34.9 Å². The molecule has 4 heteroatoms. The molecule has 0 saturated carbocycles. The van der Waals surface area contributed by atoms with Crippen LogP contribution >= 0.6 is 0 Å². The van der Waals surface area contributed by atoms with Gasteiger partial charge in [0.15, 0.2) is 0 Å². The van der Waals surface area contributed by atoms with Crippen molar-refractivity contribution in [1.29, 1.82) is 0 Å². The summed E-state index contributed by atoms with van der Waals surface area (Å²) in [6, 6.07) is -0.628. The summed E-state index contributed by atoms with van der Waals surface area (Å²) in [6.07, 6.45) is 65.5. The Morgan fingerprint density at radius 1 is 0.463 bits per heavy atom. The molecule has 0 aromatic carbocycles. The third-order valence-corrected chi connectivity index (χ3v) is 9.88. The predicted octanol–water partition coefficient (Wildman–Crippen LogP) is 14.5. The summed E-state index contributed by atoms with van der Waals surface area (Å²) in [5, 5.41) is 23.0. The lowest BCUT2D eigenvalue weighted by Gasteiger charge is -2.20. The average Bonchev–Trinajstić information content (AvgIpc) is 3.18. The molecule has 0 spiro atoms. The number of nitrogens with one attached hydrogen (secondary N) is 1. The Bertz CT molecular complexity index is 988. The third kappa shape index (κ3) is 40.7. The maximum Gasteiger partial charge on any atom is 0.220 e. The molecule has 0 aromatic heterocycles. The van der Waals surface area contributed by atoms with Gasteiger partial charge in [-0.2, -0.15) is 0 Å². The van der Waals surface area contributed by atoms with Crippen LogP contribution in [0.5, 0.6) is 0 Å². The van der Waals surface area contributed by atoms with Gasteiger partial charge >= 0.3 is 0 Å². The highest BCUT2D eigenvalue weighted by Gasteiger charge is 2.17. The molecule has 0 aliphatic carbocycles. The Morgan fingerprint density at radius 3 is 1.22 bits per heavy atom. The Labute approximate surface area is 335 Å². The van der Waals surface area contributed by atoms with Gasteiger partial charge in [0, 0.05) is 6.42 Å². The molecular weight excluding hydrogens is 663 g/mol. The summed E-state index contributed by atoms with van der Waals surface area (Å²) >= 11 is 0. The van der Waals surface area contributed by atoms with E-state index in [9.17, 15) is 15.0 Å². The number of aliphatic hydroxyl groups excluding tert-OH is 2. The number of amides is 1. The van der Waals surface area contributed by atoms with Crippen LogP contribution in [-0.2, 0) is 4.79 Å². The summed E-state index contributed by atoms with van der Waals surface area (Å²) in [7, 11) is 0. The van der Waals surface area contributed by atoms with Crippen molar-refractivity contribution in [3.8, 4) is 0 Å². The van der Waals surface area contributed by atoms with Gasteiger partial charge in [-0.05, 0) is 70.6 Å². The Balaban J connectivity index is 3.60. The molecule has 3 N–H and O–H groups in total. The van der Waals surface area contributed by atoms with Gasteiger partial charge in [-0.25, -0.2) is 0 Å². The summed E-state index contributed by atoms with van der Waals surface area (Å²) in [4.78, 5) is 12.4. The van der Waals surface area contributed by atoms with Gasteiger partial charge in [0.25, 0.3) is 0 Å². The van der Waals surface area contributed by atoms with Gasteiger partial charge < -0.3 is 15.5 Å². The van der Waals surface area contributed by atoms with Crippen LogP contribution in [0.25, 0.3) is 0 Å². The second-order valence-corrected chi connectivity index (χ2v) is 15.1. The zero-order chi connectivity index (χ0) is 39.3. The van der Waals surface area contributed by atoms with Crippen molar-refractivity contribution >= 4 is 5.91 Å². The molecule has 0 bridgehead atoms. The van der Waals surface area contributed by atoms with Crippen LogP contribution in [0.1, 0.15) is 206 Å². The Morgan fingerprint density at radius 2 is 0.815 bits per heavy atom. The number of aliphatic hydroxyl groups is 2. The lowest BCUT2D eigenvalue weighted by molar-refractivity contribution is -0.123. The van der Waals surface area contributed by atoms with E-state index in [2.05, 4.69) is 92.1 Å². The summed E-state index contributed by atoms with van der Waals surface area (Å²) in [6.45, 7) is 4.18. The van der Waals surface area contributed by atoms with E-state index in [1.54, 1.807) is 6.08 Å². The number of hydrogen-bond acceptors (Lipinski definition) is 3. The second kappa shape index (κ2) is 45.0. The monoisotopic (exact) mass is 750 g/mol. The van der Waals surface area contributed by atoms with Crippen molar-refractivity contribution in [3.05, 3.63) is 85.1 Å². The lowest BCUT2D eigenvalue weighted by Crippen LogP contribution is -2.45. The van der Waals surface area contributed by atoms with E-state index in [1.165, 1.54) is 122 Å². The molecule has 2 atom stereocenters. The SMILES string of the molecule is CC/C=C\C/C=C\C/C=C\C/C=C\C/C=C\C/C=C\CCCCCCCCCCCCC(=O)NC(CO)C(O)/C=C/CCCCCCCCCCCCC. The smallest absolute Gasteiger partial charge is 0.220 e. The molecule has 2 unspecified atom stereocenters. The molecule has 0 saturated heterocycles. The summed E-state index contributed by atoms with van der Waals surface area (Å²) < 4.78 is 0. The molecule has 0 radical (unpaired) electrons. The van der Waals surface area contributed by atoms with Crippen LogP contribution in [0.15, 0.2) is 85.1 Å². The van der Waals surface area contributed by atoms with Crippen molar-refractivity contribution in [2.75, 3.05) is 6.61 Å². The van der Waals surface area contributed by atoms with Gasteiger partial charge in [-0.15, -0.1) is 0 Å². The van der Waals surface area contributed by atoms with Gasteiger partial charge in [0.2, 0.25) is 5.91 Å². The standard InChI is InChI=1S/C50H87NO3/c1-3-5-7-9-11-13-15-17-18-19-20-21-22-23-24-25-26-27-28-29-30-31-32-34-36-38-40-42-44-46-50(54)51-48(47-52)49(53)45-43-41-39-37-35-33-16-14-12-10-8-6-4-2/h5,7,11,13,17-18,20-21,23-24,26-27,43,45,48-49,52-53H,3-4,6,8-10,12,14-16,19,22,25,28-42,44,46-47H2,1-2H3,(H,51,54)/b7-5-,13-11-,18-17-,21-20-,24-23-,27-26-,45-43+. The van der Waals surface area contributed by atoms with E-state index in [1.807, 2.05) is 6.08 Å². The molecule has 0 aliphatic rings. The Kier molecular flexibility index (Phi) is 42.9. The molecular formula is C50H87NO3. The first-order valence-corrected chi connectivity index (χ1v) is 22.8. The van der Waals surface area contributed by atoms with E-state index in [0.717, 1.165) is 64.2 Å². The number of unbranched alkanes of at least 4 members (excludes halogenated alkanes) is 21. The molecule has 0 aliphatic heterocycles. The van der Waals surface area contributed by atoms with Gasteiger partial charge in [0.1, 0.15) is 0 Å². The van der Waals surface area contributed by atoms with Crippen LogP contribution in [0.2, 0.25) is 0 Å². The van der Waals surface area contributed by atoms with E-state index in [0.29, 0.717) is 6.42 Å². The van der Waals surface area contributed by atoms with Gasteiger partial charge in [0.05, 0.1) is 18.8 Å². The quantitative estimate of drug-likeness (QED) is 0.0431. The minimum atomic E-state index is -0.844. The minimum Gasteiger partial charge on any atom is -0.394 e. The maximum absolute atomic E-state index is 12.4. The second-order valence-electron chi connectivity index (χ2n) is 15.1. The minimum absolute atomic E-state index is 0.0733. The van der Waals surface area contributed by atoms with E-state index in [4.69, 9.17) is 0 Å². The molecule has 310 valence electrons. The topological polar surface area (TPSA) is 69.6 Å². The van der Waals surface area contributed by atoms with Crippen LogP contribution < -0.4 is 5.32 Å². The van der Waals surface area contributed by atoms with Crippen molar-refractivity contribution in [2.45, 2.75) is 219 Å². The van der Waals surface area contributed by atoms with E-state index >= 15 is 0 Å². The number of carbonyl (C=O) groups excluding carboxylic acids is 1. The number of allylic oxidation sites excluding steroid dienone is 13. The van der Waals surface area contributed by atoms with Crippen LogP contribution in [0.3, 0.4) is 0 Å². The third-order valence-electron chi connectivity index (χ3n) is 9.88. The van der Waals surface area contributed by atoms with Crippen molar-refractivity contribution in [3.63, 3.8) is 0 Å². The predicted molar refractivity (Wildman–Crippen MR) is 239 cm³/mol. The summed E-state index contributed by atoms with van der Waals surface area (Å²) in [5.74, 6) is -0.0733. The number of hydrogen-bond donors (Lipinski definition) is 3. The first kappa shape index (κ1) is 51.6. The molecule has 4 nitrogen and oxygen atoms in total. The first-order valence-electron chi connectivity index (χ1n) is 22.8. The van der Waals surface area contributed by atoms with Crippen LogP contribution in [0.4, 0.5) is 0 Å². The number of carbonyl (C=O) groups is 1. The molecule has 0 heterocycles. The molecule has 0 aromatic rings. The zero-order valence-corrected chi connectivity index (χ0v) is 35.5. The van der Waals surface area contributed by atoms with Gasteiger partial charge in [-0.1, -0.05) is 214 Å². The van der Waals surface area contributed by atoms with E-state index < -0.39 is 12.1 Å². The van der Waals surface area contributed by atoms with Crippen molar-refractivity contribution < 1.29 is 15.0 Å². The first-order chi connectivity index (χ1) is 26.7.